The van der Waals surface area contributed by atoms with Crippen LogP contribution in [0.1, 0.15) is 138 Å². The fourth-order valence-electron chi connectivity index (χ4n) is 11.5. The summed E-state index contributed by atoms with van der Waals surface area (Å²) in [6, 6.07) is 32.3. The summed E-state index contributed by atoms with van der Waals surface area (Å²) >= 11 is -5.39. The van der Waals surface area contributed by atoms with Crippen molar-refractivity contribution in [2.75, 3.05) is 0 Å². The summed E-state index contributed by atoms with van der Waals surface area (Å²) in [5.74, 6) is 2.59. The maximum atomic E-state index is 9.18. The molecule has 0 saturated heterocycles. The molecule has 2 unspecified atom stereocenters. The third kappa shape index (κ3) is 6.24. The molecular weight excluding hydrogens is 871 g/mol. The Labute approximate surface area is 365 Å². The van der Waals surface area contributed by atoms with Gasteiger partial charge in [0.15, 0.2) is 0 Å². The second-order valence-electron chi connectivity index (χ2n) is 19.3. The van der Waals surface area contributed by atoms with Crippen LogP contribution in [0, 0.1) is 13.8 Å². The Morgan fingerprint density at radius 2 is 0.967 bits per heavy atom. The molecule has 10 rings (SSSR count). The van der Waals surface area contributed by atoms with Crippen molar-refractivity contribution in [2.45, 2.75) is 112 Å². The van der Waals surface area contributed by atoms with E-state index in [2.05, 4.69) is 138 Å². The van der Waals surface area contributed by atoms with Crippen LogP contribution in [0.4, 0.5) is 0 Å². The molecule has 0 saturated carbocycles. The molecule has 2 nitrogen and oxygen atoms in total. The minimum atomic E-state index is -5.39. The van der Waals surface area contributed by atoms with E-state index in [1.54, 1.807) is 0 Å². The molecule has 4 aromatic carbocycles. The van der Waals surface area contributed by atoms with Crippen LogP contribution < -0.4 is 0 Å². The Morgan fingerprint density at radius 1 is 0.567 bits per heavy atom. The molecule has 0 bridgehead atoms. The van der Waals surface area contributed by atoms with E-state index in [0.717, 1.165) is 72.7 Å². The fraction of sp³-hybridized carbons (Fsp3) is 0.333. The summed E-state index contributed by atoms with van der Waals surface area (Å²) in [7, 11) is 18.4. The van der Waals surface area contributed by atoms with E-state index in [1.807, 2.05) is 13.8 Å². The van der Waals surface area contributed by atoms with Gasteiger partial charge in [0.1, 0.15) is 0 Å². The first kappa shape index (κ1) is 40.7. The summed E-state index contributed by atoms with van der Waals surface area (Å²) in [6.07, 6.45) is 11.6. The van der Waals surface area contributed by atoms with Gasteiger partial charge in [0.2, 0.25) is 0 Å². The Balaban J connectivity index is 1.27. The van der Waals surface area contributed by atoms with Gasteiger partial charge < -0.3 is 0 Å². The number of halogens is 2. The van der Waals surface area contributed by atoms with Crippen molar-refractivity contribution in [3.8, 4) is 22.3 Å². The van der Waals surface area contributed by atoms with Crippen molar-refractivity contribution < 1.29 is 24.4 Å². The topological polar surface area (TPSA) is 26.3 Å². The molecule has 307 valence electrons. The van der Waals surface area contributed by atoms with Gasteiger partial charge in [0.25, 0.3) is 0 Å². The van der Waals surface area contributed by atoms with Crippen molar-refractivity contribution in [3.05, 3.63) is 164 Å². The van der Waals surface area contributed by atoms with E-state index in [0.29, 0.717) is 11.8 Å². The number of fused-ring (bicyclic) bond motifs is 4. The molecule has 60 heavy (non-hydrogen) atoms. The standard InChI is InChI=1S/2C26H25O.C2H7Si.2ClH.Zr/c2*1-16(2)18-8-10-19(11-9-18)26-23-6-4-5-20(23)13-21-14-22(15-24(21)26)25-12-7-17(3)27-25;1-3-2;;;/h2*7-16H,4-6H2,1-3H3;3H,1-2H3;2*1H;/q;;;;;+2/p-2. The SMILES string of the molecule is Cc1ccc(C2=Cc3c(cc4c(c3-c3ccc(C(C)C)cc3)CCC4)[CH]2[Zr]([Cl])([Cl])([CH]2C(c3ccc(C)o3)=Cc3c2cc2c(c3-c3ccc(C(C)C)cc3)CCC2)[SiH](C)C)o1. The summed E-state index contributed by atoms with van der Waals surface area (Å²) in [5.41, 5.74) is 21.4. The van der Waals surface area contributed by atoms with Crippen LogP contribution in [0.15, 0.2) is 93.8 Å². The van der Waals surface area contributed by atoms with Crippen molar-refractivity contribution in [3.63, 3.8) is 0 Å². The summed E-state index contributed by atoms with van der Waals surface area (Å²) in [5, 5.41) is 0. The molecule has 0 amide bonds. The number of hydrogen-bond donors (Lipinski definition) is 0. The van der Waals surface area contributed by atoms with Gasteiger partial charge >= 0.3 is 369 Å². The monoisotopic (exact) mass is 925 g/mol. The van der Waals surface area contributed by atoms with Gasteiger partial charge in [-0.3, -0.25) is 0 Å². The minimum absolute atomic E-state index is 0.168. The van der Waals surface area contributed by atoms with E-state index in [-0.39, 0.29) is 7.25 Å². The summed E-state index contributed by atoms with van der Waals surface area (Å²) < 4.78 is 13.0. The van der Waals surface area contributed by atoms with Gasteiger partial charge in [-0.15, -0.1) is 0 Å². The first-order valence-electron chi connectivity index (χ1n) is 22.4. The van der Waals surface area contributed by atoms with Crippen LogP contribution in [-0.4, -0.2) is 5.92 Å². The molecule has 2 heterocycles. The number of hydrogen-bond acceptors (Lipinski definition) is 2. The molecule has 0 aliphatic heterocycles. The van der Waals surface area contributed by atoms with Crippen molar-refractivity contribution >= 4 is 46.2 Å². The number of benzene rings is 4. The normalized spacial score (nSPS) is 18.8. The van der Waals surface area contributed by atoms with Crippen LogP contribution in [0.25, 0.3) is 45.6 Å². The third-order valence-corrected chi connectivity index (χ3v) is 66.3. The number of furan rings is 2. The quantitative estimate of drug-likeness (QED) is 0.135. The van der Waals surface area contributed by atoms with Crippen LogP contribution in [0.5, 0.6) is 0 Å². The van der Waals surface area contributed by atoms with Gasteiger partial charge in [-0.25, -0.2) is 0 Å². The first-order chi connectivity index (χ1) is 28.7. The Bertz CT molecular complexity index is 2580. The maximum absolute atomic E-state index is 9.18. The average molecular weight is 928 g/mol. The van der Waals surface area contributed by atoms with Crippen molar-refractivity contribution in [1.82, 2.24) is 0 Å². The van der Waals surface area contributed by atoms with Gasteiger partial charge in [-0.05, 0) is 0 Å². The van der Waals surface area contributed by atoms with E-state index < -0.39 is 21.5 Å². The van der Waals surface area contributed by atoms with E-state index >= 15 is 0 Å². The Hall–Kier alpha value is -3.40. The Kier molecular flexibility index (Phi) is 10.1. The van der Waals surface area contributed by atoms with Gasteiger partial charge in [-0.2, -0.15) is 0 Å². The van der Waals surface area contributed by atoms with Crippen LogP contribution in [-0.2, 0) is 41.2 Å². The molecule has 6 heteroatoms. The summed E-state index contributed by atoms with van der Waals surface area (Å²) in [4.78, 5) is 0. The second-order valence-corrected chi connectivity index (χ2v) is 61.8. The molecule has 0 spiro atoms. The Morgan fingerprint density at radius 3 is 1.30 bits per heavy atom. The zero-order valence-corrected chi connectivity index (χ0v) is 41.6. The van der Waals surface area contributed by atoms with Gasteiger partial charge in [-0.1, -0.05) is 0 Å². The number of rotatable bonds is 9. The predicted octanol–water partition coefficient (Wildman–Crippen LogP) is 15.9. The molecule has 6 aromatic rings. The van der Waals surface area contributed by atoms with E-state index in [9.17, 15) is 17.0 Å². The number of aryl methyl sites for hydroxylation is 4. The molecule has 4 aliphatic rings. The van der Waals surface area contributed by atoms with Crippen molar-refractivity contribution in [2.24, 2.45) is 0 Å². The predicted molar refractivity (Wildman–Crippen MR) is 255 cm³/mol. The number of allylic oxidation sites excluding steroid dienone is 2. The summed E-state index contributed by atoms with van der Waals surface area (Å²) in [6.45, 7) is 18.1. The van der Waals surface area contributed by atoms with Crippen LogP contribution in [0.2, 0.25) is 13.1 Å². The zero-order valence-electron chi connectivity index (χ0n) is 36.4. The fourth-order valence-corrected chi connectivity index (χ4v) is 41.4. The van der Waals surface area contributed by atoms with E-state index in [1.165, 1.54) is 77.9 Å². The van der Waals surface area contributed by atoms with Gasteiger partial charge in [0, 0.05) is 0 Å². The van der Waals surface area contributed by atoms with Crippen LogP contribution in [0.3, 0.4) is 0 Å². The molecule has 0 fully saturated rings. The molecule has 4 aliphatic carbocycles. The zero-order chi connectivity index (χ0) is 41.9. The second kappa shape index (κ2) is 14.9. The van der Waals surface area contributed by atoms with Crippen LogP contribution >= 0.6 is 17.0 Å². The average Bonchev–Trinajstić information content (AvgIpc) is 4.08. The molecule has 0 radical (unpaired) electrons. The van der Waals surface area contributed by atoms with Gasteiger partial charge in [0.05, 0.1) is 0 Å². The van der Waals surface area contributed by atoms with Crippen molar-refractivity contribution in [1.29, 1.82) is 0 Å². The third-order valence-electron chi connectivity index (χ3n) is 14.8. The molecule has 2 aromatic heterocycles. The molecular formula is C54H57Cl2O2SiZr. The molecule has 2 atom stereocenters. The van der Waals surface area contributed by atoms with E-state index in [4.69, 9.17) is 8.83 Å². The molecule has 0 N–H and O–H groups in total. The first-order valence-corrected chi connectivity index (χ1v) is 38.8.